The number of benzene rings is 2. The number of fused-ring (bicyclic) bond motifs is 2. The monoisotopic (exact) mass is 893 g/mol. The highest BCUT2D eigenvalue weighted by molar-refractivity contribution is 6.33. The number of likely N-dealkylation sites (N-methyl/N-ethyl adjacent to an activating group) is 1. The molecular formula is C47H56ClN9O7. The summed E-state index contributed by atoms with van der Waals surface area (Å²) in [7, 11) is 1.52. The van der Waals surface area contributed by atoms with E-state index >= 15 is 0 Å². The summed E-state index contributed by atoms with van der Waals surface area (Å²) in [5, 5.41) is 9.38. The first kappa shape index (κ1) is 43.7. The lowest BCUT2D eigenvalue weighted by atomic mass is 9.82. The molecule has 3 N–H and O–H groups in total. The second-order valence-corrected chi connectivity index (χ2v) is 18.6. The number of hydrogen-bond acceptors (Lipinski definition) is 12. The maximum Gasteiger partial charge on any atom is 0.293 e. The van der Waals surface area contributed by atoms with Gasteiger partial charge in [0.25, 0.3) is 17.4 Å². The molecule has 4 fully saturated rings. The van der Waals surface area contributed by atoms with Crippen molar-refractivity contribution in [1.29, 1.82) is 0 Å². The van der Waals surface area contributed by atoms with Crippen molar-refractivity contribution in [2.24, 2.45) is 0 Å². The van der Waals surface area contributed by atoms with Gasteiger partial charge in [-0.3, -0.25) is 29.3 Å². The molecule has 17 heteroatoms. The molecule has 9 rings (SSSR count). The Hall–Kier alpha value is -5.58. The molecule has 4 aromatic rings. The third kappa shape index (κ3) is 8.79. The van der Waals surface area contributed by atoms with Gasteiger partial charge in [0.2, 0.25) is 17.8 Å². The number of aryl methyl sites for hydroxylation is 1. The Balaban J connectivity index is 0.745. The van der Waals surface area contributed by atoms with Crippen LogP contribution >= 0.6 is 11.6 Å². The van der Waals surface area contributed by atoms with Crippen molar-refractivity contribution in [2.75, 3.05) is 50.1 Å². The van der Waals surface area contributed by atoms with Crippen LogP contribution in [0.5, 0.6) is 5.75 Å². The van der Waals surface area contributed by atoms with Crippen LogP contribution in [-0.4, -0.2) is 112 Å². The lowest BCUT2D eigenvalue weighted by Crippen LogP contribution is -2.52. The first-order valence-corrected chi connectivity index (χ1v) is 23.0. The van der Waals surface area contributed by atoms with E-state index in [1.807, 2.05) is 39.0 Å². The molecule has 1 aliphatic carbocycles. The second kappa shape index (κ2) is 18.1. The minimum atomic E-state index is -0.602. The van der Waals surface area contributed by atoms with Gasteiger partial charge in [-0.2, -0.15) is 4.98 Å². The largest absolute Gasteiger partial charge is 0.478 e. The highest BCUT2D eigenvalue weighted by Gasteiger charge is 2.41. The van der Waals surface area contributed by atoms with Crippen LogP contribution in [0.1, 0.15) is 104 Å². The van der Waals surface area contributed by atoms with Gasteiger partial charge in [-0.25, -0.2) is 4.98 Å². The Labute approximate surface area is 377 Å². The molecular weight excluding hydrogens is 838 g/mol. The molecule has 0 spiro atoms. The number of nitrogens with one attached hydrogen (secondary N) is 3. The molecule has 3 saturated heterocycles. The fraction of sp³-hybridized carbons (Fsp3) is 0.511. The SMILES string of the molecule is CNC(=O)COc1cc2cc(Nc3nc(N4CCC(OC5CC(N6CCC(c7cc(C)c8c(c7)CN(C7CCC(=O)NC7=O)C8=O)CC6)C5)CC4)ncc3Cl)ccc2n(C(C)C)c1=O. The summed E-state index contributed by atoms with van der Waals surface area (Å²) in [5.74, 6) is 0.488. The van der Waals surface area contributed by atoms with Gasteiger partial charge in [-0.15, -0.1) is 0 Å². The molecule has 6 heterocycles. The van der Waals surface area contributed by atoms with Crippen molar-refractivity contribution in [2.45, 2.75) is 115 Å². The molecule has 1 saturated carbocycles. The van der Waals surface area contributed by atoms with E-state index in [-0.39, 0.29) is 66.2 Å². The summed E-state index contributed by atoms with van der Waals surface area (Å²) in [6, 6.07) is 11.5. The number of aromatic nitrogens is 3. The number of nitrogens with zero attached hydrogens (tertiary/aromatic N) is 6. The van der Waals surface area contributed by atoms with Gasteiger partial charge < -0.3 is 39.4 Å². The van der Waals surface area contributed by atoms with E-state index in [0.29, 0.717) is 47.3 Å². The number of carbonyl (C=O) groups excluding carboxylic acids is 4. The van der Waals surface area contributed by atoms with Crippen LogP contribution in [0.15, 0.2) is 47.4 Å². The van der Waals surface area contributed by atoms with Gasteiger partial charge in [0.05, 0.1) is 23.9 Å². The predicted molar refractivity (Wildman–Crippen MR) is 242 cm³/mol. The topological polar surface area (TPSA) is 180 Å². The fourth-order valence-corrected chi connectivity index (χ4v) is 10.3. The van der Waals surface area contributed by atoms with Crippen LogP contribution < -0.4 is 31.1 Å². The number of imide groups is 1. The number of amides is 4. The molecule has 0 bridgehead atoms. The van der Waals surface area contributed by atoms with Crippen LogP contribution in [0.25, 0.3) is 10.9 Å². The van der Waals surface area contributed by atoms with E-state index in [1.165, 1.54) is 12.6 Å². The number of piperidine rings is 3. The number of hydrogen-bond donors (Lipinski definition) is 3. The van der Waals surface area contributed by atoms with Crippen molar-refractivity contribution < 1.29 is 28.7 Å². The van der Waals surface area contributed by atoms with Crippen LogP contribution in [0.2, 0.25) is 5.02 Å². The Kier molecular flexibility index (Phi) is 12.4. The van der Waals surface area contributed by atoms with Crippen LogP contribution in [0.4, 0.5) is 17.5 Å². The molecule has 4 amide bonds. The van der Waals surface area contributed by atoms with Crippen molar-refractivity contribution in [3.63, 3.8) is 0 Å². The van der Waals surface area contributed by atoms with E-state index in [1.54, 1.807) is 21.7 Å². The van der Waals surface area contributed by atoms with Crippen molar-refractivity contribution >= 4 is 63.6 Å². The van der Waals surface area contributed by atoms with Crippen molar-refractivity contribution in [3.05, 3.63) is 80.2 Å². The molecule has 2 aromatic heterocycles. The smallest absolute Gasteiger partial charge is 0.293 e. The van der Waals surface area contributed by atoms with Crippen LogP contribution in [0, 0.1) is 6.92 Å². The van der Waals surface area contributed by atoms with Gasteiger partial charge in [-0.1, -0.05) is 23.7 Å². The first-order chi connectivity index (χ1) is 30.8. The number of carbonyl (C=O) groups is 4. The summed E-state index contributed by atoms with van der Waals surface area (Å²) in [6.07, 6.45) is 8.66. The summed E-state index contributed by atoms with van der Waals surface area (Å²) < 4.78 is 13.9. The minimum Gasteiger partial charge on any atom is -0.478 e. The van der Waals surface area contributed by atoms with Crippen LogP contribution in [-0.2, 0) is 25.7 Å². The first-order valence-electron chi connectivity index (χ1n) is 22.6. The molecule has 4 aliphatic heterocycles. The highest BCUT2D eigenvalue weighted by Crippen LogP contribution is 2.39. The van der Waals surface area contributed by atoms with E-state index in [4.69, 9.17) is 26.1 Å². The van der Waals surface area contributed by atoms with Gasteiger partial charge in [-0.05, 0) is 126 Å². The number of anilines is 3. The number of rotatable bonds is 12. The average Bonchev–Trinajstić information content (AvgIpc) is 3.60. The number of pyridine rings is 1. The highest BCUT2D eigenvalue weighted by atomic mass is 35.5. The van der Waals surface area contributed by atoms with Crippen LogP contribution in [0.3, 0.4) is 0 Å². The third-order valence-electron chi connectivity index (χ3n) is 13.7. The molecule has 16 nitrogen and oxygen atoms in total. The van der Waals surface area contributed by atoms with Crippen molar-refractivity contribution in [3.8, 4) is 5.75 Å². The Morgan fingerprint density at radius 1 is 0.969 bits per heavy atom. The molecule has 338 valence electrons. The van der Waals surface area contributed by atoms with Gasteiger partial charge in [0, 0.05) is 61.8 Å². The Morgan fingerprint density at radius 2 is 1.73 bits per heavy atom. The number of likely N-dealkylation sites (tertiary alicyclic amines) is 1. The predicted octanol–water partition coefficient (Wildman–Crippen LogP) is 5.36. The quantitative estimate of drug-likeness (QED) is 0.155. The zero-order valence-electron chi connectivity index (χ0n) is 36.8. The van der Waals surface area contributed by atoms with E-state index < -0.39 is 6.04 Å². The third-order valence-corrected chi connectivity index (χ3v) is 14.0. The molecule has 64 heavy (non-hydrogen) atoms. The Bertz CT molecular complexity index is 2540. The van der Waals surface area contributed by atoms with Gasteiger partial charge in [0.1, 0.15) is 11.1 Å². The summed E-state index contributed by atoms with van der Waals surface area (Å²) >= 11 is 6.61. The average molecular weight is 894 g/mol. The van der Waals surface area contributed by atoms with Gasteiger partial charge in [0.15, 0.2) is 18.2 Å². The lowest BCUT2D eigenvalue weighted by molar-refractivity contribution is -0.137. The summed E-state index contributed by atoms with van der Waals surface area (Å²) in [4.78, 5) is 78.6. The van der Waals surface area contributed by atoms with Gasteiger partial charge >= 0.3 is 0 Å². The lowest BCUT2D eigenvalue weighted by Gasteiger charge is -2.47. The van der Waals surface area contributed by atoms with E-state index in [2.05, 4.69) is 42.9 Å². The molecule has 0 radical (unpaired) electrons. The minimum absolute atomic E-state index is 0.0955. The zero-order valence-corrected chi connectivity index (χ0v) is 37.6. The maximum atomic E-state index is 13.4. The van der Waals surface area contributed by atoms with E-state index in [0.717, 1.165) is 92.4 Å². The summed E-state index contributed by atoms with van der Waals surface area (Å²) in [6.45, 7) is 9.60. The Morgan fingerprint density at radius 3 is 2.45 bits per heavy atom. The molecule has 1 atom stereocenters. The summed E-state index contributed by atoms with van der Waals surface area (Å²) in [5.41, 5.74) is 5.09. The van der Waals surface area contributed by atoms with E-state index in [9.17, 15) is 24.0 Å². The fourth-order valence-electron chi connectivity index (χ4n) is 10.2. The van der Waals surface area contributed by atoms with Crippen molar-refractivity contribution in [1.82, 2.24) is 35.0 Å². The standard InChI is InChI=1S/C47H56ClN9O7/c1-26(2)57-37-6-5-32(19-30(37)20-39(45(57)61)63-25-41(59)49-4)51-43-36(48)23-50-47(53-43)55-15-11-34(12-16-55)64-35-21-33(22-35)54-13-9-28(10-14-54)29-17-27(3)42-31(18-29)24-56(46(42)62)38-7-8-40(58)52-44(38)60/h5-6,17-20,23,26,28,33-35,38H,7-16,21-22,24-25H2,1-4H3,(H,49,59)(H,50,51,53)(H,52,58,60). The second-order valence-electron chi connectivity index (χ2n) is 18.2. The molecule has 5 aliphatic rings. The molecule has 1 unspecified atom stereocenters. The number of halogens is 1. The zero-order chi connectivity index (χ0) is 44.8. The maximum absolute atomic E-state index is 13.4. The number of ether oxygens (including phenoxy) is 2. The normalized spacial score (nSPS) is 22.2. The molecule has 2 aromatic carbocycles.